The van der Waals surface area contributed by atoms with Crippen molar-refractivity contribution in [3.8, 4) is 5.75 Å². The van der Waals surface area contributed by atoms with Crippen LogP contribution >= 0.6 is 0 Å². The molecule has 0 atom stereocenters. The van der Waals surface area contributed by atoms with Gasteiger partial charge in [0, 0.05) is 0 Å². The summed E-state index contributed by atoms with van der Waals surface area (Å²) in [5, 5.41) is 0. The van der Waals surface area contributed by atoms with Crippen molar-refractivity contribution in [3.05, 3.63) is 23.3 Å². The topological polar surface area (TPSA) is 52.3 Å². The molecule has 0 heterocycles. The number of Topliss-reactive ketones (excluding diaryl/α,β-unsaturated/α-hetero) is 1. The number of anilines is 1. The van der Waals surface area contributed by atoms with E-state index >= 15 is 0 Å². The maximum absolute atomic E-state index is 12.4. The summed E-state index contributed by atoms with van der Waals surface area (Å²) in [5.74, 6) is -0.560. The van der Waals surface area contributed by atoms with Crippen LogP contribution in [0.15, 0.2) is 12.1 Å². The number of ether oxygens (including phenoxy) is 1. The summed E-state index contributed by atoms with van der Waals surface area (Å²) in [6.07, 6.45) is -4.54. The molecule has 0 aromatic heterocycles. The van der Waals surface area contributed by atoms with Crippen molar-refractivity contribution in [1.29, 1.82) is 0 Å². The fourth-order valence-electron chi connectivity index (χ4n) is 1.30. The number of halogens is 3. The summed E-state index contributed by atoms with van der Waals surface area (Å²) in [6, 6.07) is 1.48. The number of benzene rings is 1. The molecule has 1 aromatic rings. The lowest BCUT2D eigenvalue weighted by molar-refractivity contribution is -0.137. The van der Waals surface area contributed by atoms with E-state index < -0.39 is 17.5 Å². The van der Waals surface area contributed by atoms with Crippen LogP contribution in [0.4, 0.5) is 18.9 Å². The predicted molar refractivity (Wildman–Crippen MR) is 52.4 cm³/mol. The number of carbonyl (C=O) groups excluding carboxylic acids is 1. The fourth-order valence-corrected chi connectivity index (χ4v) is 1.30. The summed E-state index contributed by atoms with van der Waals surface area (Å²) in [7, 11) is 1.24. The SMILES string of the molecule is COc1c(N)cc(C(F)(F)F)cc1C(C)=O. The Balaban J connectivity index is 3.46. The zero-order chi connectivity index (χ0) is 12.5. The van der Waals surface area contributed by atoms with Crippen LogP contribution in [0.1, 0.15) is 22.8 Å². The number of nitrogen functional groups attached to an aromatic ring is 1. The average molecular weight is 233 g/mol. The molecule has 0 amide bonds. The minimum absolute atomic E-state index is 0.0273. The highest BCUT2D eigenvalue weighted by Crippen LogP contribution is 2.36. The molecular formula is C10H10F3NO2. The minimum atomic E-state index is -4.54. The molecular weight excluding hydrogens is 223 g/mol. The molecule has 0 bridgehead atoms. The molecule has 0 fully saturated rings. The smallest absolute Gasteiger partial charge is 0.416 e. The first kappa shape index (κ1) is 12.4. The van der Waals surface area contributed by atoms with Crippen LogP contribution in [0.3, 0.4) is 0 Å². The molecule has 0 aliphatic heterocycles. The molecule has 1 rings (SSSR count). The molecule has 0 spiro atoms. The second kappa shape index (κ2) is 4.03. The highest BCUT2D eigenvalue weighted by molar-refractivity contribution is 5.98. The van der Waals surface area contributed by atoms with Gasteiger partial charge in [-0.25, -0.2) is 0 Å². The summed E-state index contributed by atoms with van der Waals surface area (Å²) in [5.41, 5.74) is 4.05. The molecule has 16 heavy (non-hydrogen) atoms. The van der Waals surface area contributed by atoms with Crippen molar-refractivity contribution in [3.63, 3.8) is 0 Å². The quantitative estimate of drug-likeness (QED) is 0.630. The van der Waals surface area contributed by atoms with E-state index in [4.69, 9.17) is 10.5 Å². The van der Waals surface area contributed by atoms with Gasteiger partial charge in [-0.15, -0.1) is 0 Å². The highest BCUT2D eigenvalue weighted by atomic mass is 19.4. The van der Waals surface area contributed by atoms with Crippen LogP contribution in [0.5, 0.6) is 5.75 Å². The number of nitrogens with two attached hydrogens (primary N) is 1. The lowest BCUT2D eigenvalue weighted by atomic mass is 10.0. The second-order valence-electron chi connectivity index (χ2n) is 3.20. The number of rotatable bonds is 2. The van der Waals surface area contributed by atoms with Crippen LogP contribution in [-0.4, -0.2) is 12.9 Å². The fraction of sp³-hybridized carbons (Fsp3) is 0.300. The van der Waals surface area contributed by atoms with Crippen LogP contribution in [0.2, 0.25) is 0 Å². The van der Waals surface area contributed by atoms with E-state index in [0.717, 1.165) is 19.1 Å². The van der Waals surface area contributed by atoms with Crippen molar-refractivity contribution in [2.45, 2.75) is 13.1 Å². The number of ketones is 1. The van der Waals surface area contributed by atoms with Gasteiger partial charge in [-0.1, -0.05) is 0 Å². The van der Waals surface area contributed by atoms with Crippen molar-refractivity contribution < 1.29 is 22.7 Å². The molecule has 0 aliphatic rings. The predicted octanol–water partition coefficient (Wildman–Crippen LogP) is 2.50. The third-order valence-corrected chi connectivity index (χ3v) is 2.03. The summed E-state index contributed by atoms with van der Waals surface area (Å²) < 4.78 is 42.1. The molecule has 0 aliphatic carbocycles. The van der Waals surface area contributed by atoms with Gasteiger partial charge in [-0.3, -0.25) is 4.79 Å². The molecule has 1 aromatic carbocycles. The first-order valence-electron chi connectivity index (χ1n) is 4.33. The van der Waals surface area contributed by atoms with Crippen LogP contribution < -0.4 is 10.5 Å². The lowest BCUT2D eigenvalue weighted by Crippen LogP contribution is -2.10. The average Bonchev–Trinajstić information content (AvgIpc) is 2.14. The maximum atomic E-state index is 12.4. The van der Waals surface area contributed by atoms with Gasteiger partial charge >= 0.3 is 6.18 Å². The maximum Gasteiger partial charge on any atom is 0.416 e. The number of carbonyl (C=O) groups is 1. The van der Waals surface area contributed by atoms with Crippen LogP contribution in [0.25, 0.3) is 0 Å². The summed E-state index contributed by atoms with van der Waals surface area (Å²) >= 11 is 0. The first-order chi connectivity index (χ1) is 7.27. The summed E-state index contributed by atoms with van der Waals surface area (Å²) in [6.45, 7) is 1.15. The van der Waals surface area contributed by atoms with Gasteiger partial charge in [-0.2, -0.15) is 13.2 Å². The third kappa shape index (κ3) is 2.26. The van der Waals surface area contributed by atoms with E-state index in [-0.39, 0.29) is 17.0 Å². The Bertz CT molecular complexity index is 427. The minimum Gasteiger partial charge on any atom is -0.494 e. The van der Waals surface area contributed by atoms with Gasteiger partial charge in [0.1, 0.15) is 0 Å². The van der Waals surface area contributed by atoms with E-state index in [2.05, 4.69) is 0 Å². The molecule has 2 N–H and O–H groups in total. The molecule has 0 radical (unpaired) electrons. The molecule has 88 valence electrons. The standard InChI is InChI=1S/C10H10F3NO2/c1-5(15)7-3-6(10(11,12)13)4-8(14)9(7)16-2/h3-4H,14H2,1-2H3. The van der Waals surface area contributed by atoms with Gasteiger partial charge < -0.3 is 10.5 Å². The summed E-state index contributed by atoms with van der Waals surface area (Å²) in [4.78, 5) is 11.2. The number of hydrogen-bond donors (Lipinski definition) is 1. The van der Waals surface area contributed by atoms with E-state index in [1.54, 1.807) is 0 Å². The molecule has 0 unspecified atom stereocenters. The monoisotopic (exact) mass is 233 g/mol. The molecule has 6 heteroatoms. The van der Waals surface area contributed by atoms with E-state index in [1.807, 2.05) is 0 Å². The van der Waals surface area contributed by atoms with Gasteiger partial charge in [0.05, 0.1) is 23.9 Å². The van der Waals surface area contributed by atoms with Crippen molar-refractivity contribution in [2.24, 2.45) is 0 Å². The largest absolute Gasteiger partial charge is 0.494 e. The lowest BCUT2D eigenvalue weighted by Gasteiger charge is -2.13. The number of alkyl halides is 3. The van der Waals surface area contributed by atoms with Crippen LogP contribution in [0, 0.1) is 0 Å². The molecule has 0 saturated carbocycles. The van der Waals surface area contributed by atoms with E-state index in [1.165, 1.54) is 7.11 Å². The zero-order valence-corrected chi connectivity index (χ0v) is 8.68. The van der Waals surface area contributed by atoms with Crippen molar-refractivity contribution >= 4 is 11.5 Å². The Labute approximate surface area is 90.0 Å². The van der Waals surface area contributed by atoms with Gasteiger partial charge in [-0.05, 0) is 19.1 Å². The molecule has 3 nitrogen and oxygen atoms in total. The van der Waals surface area contributed by atoms with Gasteiger partial charge in [0.25, 0.3) is 0 Å². The van der Waals surface area contributed by atoms with Crippen molar-refractivity contribution in [1.82, 2.24) is 0 Å². The zero-order valence-electron chi connectivity index (χ0n) is 8.68. The number of hydrogen-bond acceptors (Lipinski definition) is 3. The molecule has 0 saturated heterocycles. The first-order valence-corrected chi connectivity index (χ1v) is 4.33. The Hall–Kier alpha value is -1.72. The Morgan fingerprint density at radius 3 is 2.31 bits per heavy atom. The normalized spacial score (nSPS) is 11.3. The van der Waals surface area contributed by atoms with Gasteiger partial charge in [0.15, 0.2) is 11.5 Å². The Morgan fingerprint density at radius 1 is 1.38 bits per heavy atom. The van der Waals surface area contributed by atoms with Crippen LogP contribution in [-0.2, 0) is 6.18 Å². The second-order valence-corrected chi connectivity index (χ2v) is 3.20. The van der Waals surface area contributed by atoms with Crippen molar-refractivity contribution in [2.75, 3.05) is 12.8 Å². The van der Waals surface area contributed by atoms with E-state index in [0.29, 0.717) is 0 Å². The highest BCUT2D eigenvalue weighted by Gasteiger charge is 2.32. The Morgan fingerprint density at radius 2 is 1.94 bits per heavy atom. The van der Waals surface area contributed by atoms with E-state index in [9.17, 15) is 18.0 Å². The number of methoxy groups -OCH3 is 1. The van der Waals surface area contributed by atoms with Gasteiger partial charge in [0.2, 0.25) is 0 Å². The Kier molecular flexibility index (Phi) is 3.11. The third-order valence-electron chi connectivity index (χ3n) is 2.03.